The number of alkyl halides is 3. The molecule has 0 aliphatic carbocycles. The van der Waals surface area contributed by atoms with Crippen LogP contribution in [0.4, 0.5) is 18.9 Å². The Balaban J connectivity index is 2.90. The van der Waals surface area contributed by atoms with Gasteiger partial charge in [0, 0.05) is 6.20 Å². The number of anilines is 1. The molecule has 0 spiro atoms. The van der Waals surface area contributed by atoms with Crippen molar-refractivity contribution in [3.63, 3.8) is 0 Å². The summed E-state index contributed by atoms with van der Waals surface area (Å²) in [7, 11) is 0. The lowest BCUT2D eigenvalue weighted by atomic mass is 10.2. The van der Waals surface area contributed by atoms with Crippen LogP contribution in [0.1, 0.15) is 13.3 Å². The molecule has 0 bridgehead atoms. The second kappa shape index (κ2) is 7.12. The second-order valence-electron chi connectivity index (χ2n) is 3.73. The molecule has 20 heavy (non-hydrogen) atoms. The van der Waals surface area contributed by atoms with E-state index in [0.29, 0.717) is 4.47 Å². The SMILES string of the molecule is CCOC(=O)CC(Nc1cc(Cl)ncc1Br)C(F)(F)F. The number of hydrogen-bond acceptors (Lipinski definition) is 4. The third kappa shape index (κ3) is 5.16. The largest absolute Gasteiger partial charge is 0.466 e. The molecule has 1 aromatic rings. The van der Waals surface area contributed by atoms with Crippen molar-refractivity contribution in [2.24, 2.45) is 0 Å². The van der Waals surface area contributed by atoms with Crippen molar-refractivity contribution in [3.8, 4) is 0 Å². The number of nitrogens with zero attached hydrogens (tertiary/aromatic N) is 1. The molecule has 4 nitrogen and oxygen atoms in total. The molecule has 112 valence electrons. The average molecular weight is 376 g/mol. The zero-order valence-electron chi connectivity index (χ0n) is 10.3. The highest BCUT2D eigenvalue weighted by molar-refractivity contribution is 9.10. The van der Waals surface area contributed by atoms with E-state index in [9.17, 15) is 18.0 Å². The third-order valence-corrected chi connectivity index (χ3v) is 3.06. The fourth-order valence-corrected chi connectivity index (χ4v) is 1.84. The fraction of sp³-hybridized carbons (Fsp3) is 0.455. The zero-order valence-corrected chi connectivity index (χ0v) is 12.6. The van der Waals surface area contributed by atoms with E-state index >= 15 is 0 Å². The molecule has 1 atom stereocenters. The van der Waals surface area contributed by atoms with Gasteiger partial charge >= 0.3 is 12.1 Å². The number of esters is 1. The molecule has 0 saturated carbocycles. The Bertz CT molecular complexity index is 485. The van der Waals surface area contributed by atoms with Crippen LogP contribution >= 0.6 is 27.5 Å². The second-order valence-corrected chi connectivity index (χ2v) is 4.98. The minimum Gasteiger partial charge on any atom is -0.466 e. The first-order chi connectivity index (χ1) is 9.24. The van der Waals surface area contributed by atoms with E-state index in [-0.39, 0.29) is 17.4 Å². The molecular weight excluding hydrogens is 364 g/mol. The minimum atomic E-state index is -4.61. The highest BCUT2D eigenvalue weighted by Crippen LogP contribution is 2.30. The van der Waals surface area contributed by atoms with Crippen LogP contribution < -0.4 is 5.32 Å². The number of hydrogen-bond donors (Lipinski definition) is 1. The van der Waals surface area contributed by atoms with Gasteiger partial charge in [0.25, 0.3) is 0 Å². The van der Waals surface area contributed by atoms with Gasteiger partial charge in [0.05, 0.1) is 23.2 Å². The van der Waals surface area contributed by atoms with Gasteiger partial charge in [-0.1, -0.05) is 11.6 Å². The Morgan fingerprint density at radius 2 is 2.25 bits per heavy atom. The van der Waals surface area contributed by atoms with Crippen LogP contribution in [-0.2, 0) is 9.53 Å². The molecule has 1 rings (SSSR count). The maximum Gasteiger partial charge on any atom is 0.409 e. The quantitative estimate of drug-likeness (QED) is 0.628. The average Bonchev–Trinajstić information content (AvgIpc) is 2.32. The van der Waals surface area contributed by atoms with Gasteiger partial charge in [0.15, 0.2) is 0 Å². The summed E-state index contributed by atoms with van der Waals surface area (Å²) < 4.78 is 43.5. The summed E-state index contributed by atoms with van der Waals surface area (Å²) in [6.07, 6.45) is -4.17. The summed E-state index contributed by atoms with van der Waals surface area (Å²) in [5.41, 5.74) is 0.0941. The first-order valence-corrected chi connectivity index (χ1v) is 6.71. The van der Waals surface area contributed by atoms with Crippen LogP contribution in [0.15, 0.2) is 16.7 Å². The number of rotatable bonds is 5. The van der Waals surface area contributed by atoms with Gasteiger partial charge in [0.2, 0.25) is 0 Å². The lowest BCUT2D eigenvalue weighted by Gasteiger charge is -2.22. The van der Waals surface area contributed by atoms with E-state index in [1.54, 1.807) is 0 Å². The summed E-state index contributed by atoms with van der Waals surface area (Å²) >= 11 is 8.68. The van der Waals surface area contributed by atoms with Crippen LogP contribution in [-0.4, -0.2) is 29.8 Å². The molecule has 0 aromatic carbocycles. The Morgan fingerprint density at radius 3 is 2.80 bits per heavy atom. The standard InChI is InChI=1S/C11H11BrClF3N2O2/c1-2-20-10(19)4-8(11(14,15)16)18-7-3-9(13)17-5-6(7)12/h3,5,8H,2,4H2,1H3,(H,17,18). The van der Waals surface area contributed by atoms with E-state index < -0.39 is 24.6 Å². The smallest absolute Gasteiger partial charge is 0.409 e. The lowest BCUT2D eigenvalue weighted by Crippen LogP contribution is -2.38. The first kappa shape index (κ1) is 17.0. The van der Waals surface area contributed by atoms with Crippen molar-refractivity contribution >= 4 is 39.2 Å². The number of ether oxygens (including phenoxy) is 1. The molecule has 1 unspecified atom stereocenters. The highest BCUT2D eigenvalue weighted by Gasteiger charge is 2.41. The predicted molar refractivity (Wildman–Crippen MR) is 71.7 cm³/mol. The molecule has 9 heteroatoms. The van der Waals surface area contributed by atoms with Crippen LogP contribution in [0, 0.1) is 0 Å². The maximum absolute atomic E-state index is 12.9. The van der Waals surface area contributed by atoms with Crippen LogP contribution in [0.25, 0.3) is 0 Å². The number of pyridine rings is 1. The number of carbonyl (C=O) groups excluding carboxylic acids is 1. The maximum atomic E-state index is 12.9. The summed E-state index contributed by atoms with van der Waals surface area (Å²) in [6.45, 7) is 1.54. The molecule has 0 fully saturated rings. The number of halogens is 5. The van der Waals surface area contributed by atoms with Crippen molar-refractivity contribution < 1.29 is 22.7 Å². The zero-order chi connectivity index (χ0) is 15.3. The highest BCUT2D eigenvalue weighted by atomic mass is 79.9. The van der Waals surface area contributed by atoms with Crippen molar-refractivity contribution in [1.82, 2.24) is 4.98 Å². The number of nitrogens with one attached hydrogen (secondary N) is 1. The van der Waals surface area contributed by atoms with Gasteiger partial charge < -0.3 is 10.1 Å². The molecule has 0 aliphatic heterocycles. The van der Waals surface area contributed by atoms with Crippen LogP contribution in [0.3, 0.4) is 0 Å². The van der Waals surface area contributed by atoms with E-state index in [1.165, 1.54) is 19.2 Å². The van der Waals surface area contributed by atoms with Crippen molar-refractivity contribution in [2.75, 3.05) is 11.9 Å². The van der Waals surface area contributed by atoms with E-state index in [4.69, 9.17) is 11.6 Å². The monoisotopic (exact) mass is 374 g/mol. The van der Waals surface area contributed by atoms with Gasteiger partial charge in [-0.3, -0.25) is 4.79 Å². The van der Waals surface area contributed by atoms with Gasteiger partial charge in [-0.05, 0) is 28.9 Å². The van der Waals surface area contributed by atoms with Gasteiger partial charge in [-0.15, -0.1) is 0 Å². The molecule has 0 saturated heterocycles. The molecule has 1 N–H and O–H groups in total. The van der Waals surface area contributed by atoms with E-state index in [0.717, 1.165) is 0 Å². The molecular formula is C11H11BrClF3N2O2. The Morgan fingerprint density at radius 1 is 1.60 bits per heavy atom. The lowest BCUT2D eigenvalue weighted by molar-refractivity contribution is -0.161. The summed E-state index contributed by atoms with van der Waals surface area (Å²) in [6, 6.07) is -0.841. The Kier molecular flexibility index (Phi) is 6.07. The fourth-order valence-electron chi connectivity index (χ4n) is 1.35. The molecule has 0 amide bonds. The minimum absolute atomic E-state index is 0.0220. The first-order valence-electron chi connectivity index (χ1n) is 5.54. The molecule has 0 radical (unpaired) electrons. The topological polar surface area (TPSA) is 51.2 Å². The summed E-state index contributed by atoms with van der Waals surface area (Å²) in [5.74, 6) is -0.932. The number of carbonyl (C=O) groups is 1. The Hall–Kier alpha value is -1.02. The van der Waals surface area contributed by atoms with Crippen molar-refractivity contribution in [1.29, 1.82) is 0 Å². The van der Waals surface area contributed by atoms with Crippen molar-refractivity contribution in [3.05, 3.63) is 21.9 Å². The van der Waals surface area contributed by atoms with E-state index in [2.05, 4.69) is 31.0 Å². The molecule has 0 aliphatic rings. The molecule has 1 heterocycles. The van der Waals surface area contributed by atoms with E-state index in [1.807, 2.05) is 0 Å². The Labute approximate surface area is 126 Å². The van der Waals surface area contributed by atoms with Crippen LogP contribution in [0.5, 0.6) is 0 Å². The number of aromatic nitrogens is 1. The normalized spacial score (nSPS) is 12.9. The van der Waals surface area contributed by atoms with Gasteiger partial charge in [-0.25, -0.2) is 4.98 Å². The summed E-state index contributed by atoms with van der Waals surface area (Å²) in [5, 5.41) is 2.26. The predicted octanol–water partition coefficient (Wildman–Crippen LogP) is 3.79. The van der Waals surface area contributed by atoms with Gasteiger partial charge in [0.1, 0.15) is 11.2 Å². The van der Waals surface area contributed by atoms with Gasteiger partial charge in [-0.2, -0.15) is 13.2 Å². The molecule has 1 aromatic heterocycles. The third-order valence-electron chi connectivity index (χ3n) is 2.22. The van der Waals surface area contributed by atoms with Crippen molar-refractivity contribution in [2.45, 2.75) is 25.6 Å². The summed E-state index contributed by atoms with van der Waals surface area (Å²) in [4.78, 5) is 14.9. The van der Waals surface area contributed by atoms with Crippen LogP contribution in [0.2, 0.25) is 5.15 Å².